The van der Waals surface area contributed by atoms with Crippen LogP contribution in [0, 0.1) is 5.82 Å². The molecule has 0 aliphatic carbocycles. The number of rotatable bonds is 7. The Morgan fingerprint density at radius 1 is 1.16 bits per heavy atom. The van der Waals surface area contributed by atoms with Crippen LogP contribution in [0.2, 0.25) is 0 Å². The number of aryl methyl sites for hydroxylation is 1. The maximum absolute atomic E-state index is 13.8. The molecule has 0 fully saturated rings. The molecule has 0 unspecified atom stereocenters. The number of hydrogen-bond donors (Lipinski definition) is 2. The van der Waals surface area contributed by atoms with Gasteiger partial charge in [0.2, 0.25) is 0 Å². The van der Waals surface area contributed by atoms with E-state index in [1.165, 1.54) is 24.4 Å². The predicted molar refractivity (Wildman–Crippen MR) is 120 cm³/mol. The molecule has 0 amide bonds. The van der Waals surface area contributed by atoms with E-state index >= 15 is 0 Å². The van der Waals surface area contributed by atoms with Crippen LogP contribution in [0.3, 0.4) is 0 Å². The van der Waals surface area contributed by atoms with E-state index in [2.05, 4.69) is 5.32 Å². The number of thiophene rings is 1. The van der Waals surface area contributed by atoms with E-state index in [1.807, 2.05) is 31.3 Å². The summed E-state index contributed by atoms with van der Waals surface area (Å²) in [6.07, 6.45) is 1.31. The summed E-state index contributed by atoms with van der Waals surface area (Å²) in [6.45, 7) is 0. The van der Waals surface area contributed by atoms with Gasteiger partial charge < -0.3 is 10.4 Å². The molecule has 160 valence electrons. The quantitative estimate of drug-likeness (QED) is 0.415. The molecule has 6 nitrogen and oxygen atoms in total. The highest BCUT2D eigenvalue weighted by atomic mass is 32.2. The van der Waals surface area contributed by atoms with Crippen LogP contribution in [-0.2, 0) is 21.2 Å². The average molecular weight is 459 g/mol. The summed E-state index contributed by atoms with van der Waals surface area (Å²) in [6, 6.07) is 14.8. The van der Waals surface area contributed by atoms with E-state index in [0.717, 1.165) is 31.4 Å². The van der Waals surface area contributed by atoms with Gasteiger partial charge in [-0.1, -0.05) is 12.1 Å². The Morgan fingerprint density at radius 3 is 2.71 bits per heavy atom. The number of aliphatic carboxylic acids is 1. The molecule has 9 heteroatoms. The number of fused-ring (bicyclic) bond motifs is 1. The topological polar surface area (TPSA) is 88.4 Å². The summed E-state index contributed by atoms with van der Waals surface area (Å²) in [5.74, 6) is -1.52. The zero-order valence-electron chi connectivity index (χ0n) is 16.5. The third-order valence-corrected chi connectivity index (χ3v) is 8.23. The lowest BCUT2D eigenvalue weighted by atomic mass is 10.1. The molecule has 2 aromatic carbocycles. The third kappa shape index (κ3) is 4.06. The summed E-state index contributed by atoms with van der Waals surface area (Å²) in [7, 11) is -2.14. The summed E-state index contributed by atoms with van der Waals surface area (Å²) in [4.78, 5) is 11.8. The Kier molecular flexibility index (Phi) is 5.55. The smallest absolute Gasteiger partial charge is 0.303 e. The number of carboxylic acid groups (broad SMARTS) is 1. The highest BCUT2D eigenvalue weighted by Gasteiger charge is 2.24. The van der Waals surface area contributed by atoms with Crippen LogP contribution in [0.4, 0.5) is 10.1 Å². The molecule has 0 aliphatic heterocycles. The van der Waals surface area contributed by atoms with Crippen LogP contribution >= 0.6 is 11.3 Å². The van der Waals surface area contributed by atoms with Crippen LogP contribution < -0.4 is 5.32 Å². The van der Waals surface area contributed by atoms with Crippen molar-refractivity contribution in [2.45, 2.75) is 17.1 Å². The van der Waals surface area contributed by atoms with Crippen LogP contribution in [-0.4, -0.2) is 30.5 Å². The molecular formula is C22H19FN2O4S2. The van der Waals surface area contributed by atoms with Crippen LogP contribution in [0.5, 0.6) is 0 Å². The maximum atomic E-state index is 13.8. The van der Waals surface area contributed by atoms with Crippen molar-refractivity contribution in [3.8, 4) is 10.4 Å². The maximum Gasteiger partial charge on any atom is 0.303 e. The standard InChI is InChI=1S/C22H19FN2O4S2/c1-24-17-4-2-3-14(11-17)20-8-10-22(30-20)31(28,29)25-13-15(5-9-21(26)27)18-12-16(23)6-7-19(18)25/h2-4,6-8,10-13,24H,5,9H2,1H3,(H,26,27). The molecule has 0 atom stereocenters. The number of hydrogen-bond acceptors (Lipinski definition) is 5. The van der Waals surface area contributed by atoms with Gasteiger partial charge in [-0.25, -0.2) is 8.36 Å². The minimum atomic E-state index is -3.95. The molecule has 0 spiro atoms. The van der Waals surface area contributed by atoms with Gasteiger partial charge in [-0.05, 0) is 60.0 Å². The van der Waals surface area contributed by atoms with E-state index in [-0.39, 0.29) is 17.1 Å². The van der Waals surface area contributed by atoms with E-state index in [9.17, 15) is 17.6 Å². The fourth-order valence-corrected chi connectivity index (χ4v) is 6.20. The molecule has 2 aromatic heterocycles. The van der Waals surface area contributed by atoms with Crippen molar-refractivity contribution in [1.29, 1.82) is 0 Å². The van der Waals surface area contributed by atoms with Crippen LogP contribution in [0.1, 0.15) is 12.0 Å². The van der Waals surface area contributed by atoms with Crippen molar-refractivity contribution in [3.63, 3.8) is 0 Å². The summed E-state index contributed by atoms with van der Waals surface area (Å²) < 4.78 is 41.9. The molecule has 31 heavy (non-hydrogen) atoms. The largest absolute Gasteiger partial charge is 0.481 e. The summed E-state index contributed by atoms with van der Waals surface area (Å²) in [5.41, 5.74) is 2.59. The normalized spacial score (nSPS) is 11.7. The number of nitrogens with one attached hydrogen (secondary N) is 1. The van der Waals surface area contributed by atoms with E-state index in [1.54, 1.807) is 12.1 Å². The van der Waals surface area contributed by atoms with Gasteiger partial charge >= 0.3 is 5.97 Å². The molecule has 0 aliphatic rings. The zero-order valence-corrected chi connectivity index (χ0v) is 18.1. The van der Waals surface area contributed by atoms with Crippen molar-refractivity contribution >= 4 is 43.9 Å². The lowest BCUT2D eigenvalue weighted by Crippen LogP contribution is -2.10. The van der Waals surface area contributed by atoms with Gasteiger partial charge in [-0.2, -0.15) is 8.42 Å². The van der Waals surface area contributed by atoms with E-state index in [0.29, 0.717) is 16.5 Å². The minimum absolute atomic E-state index is 0.101. The lowest BCUT2D eigenvalue weighted by molar-refractivity contribution is -0.136. The molecule has 2 heterocycles. The highest BCUT2D eigenvalue weighted by Crippen LogP contribution is 2.35. The van der Waals surface area contributed by atoms with Crippen molar-refractivity contribution in [2.75, 3.05) is 12.4 Å². The first-order valence-corrected chi connectivity index (χ1v) is 11.7. The van der Waals surface area contributed by atoms with Crippen LogP contribution in [0.15, 0.2) is 65.0 Å². The zero-order chi connectivity index (χ0) is 22.2. The first-order chi connectivity index (χ1) is 14.8. The number of halogens is 1. The number of nitrogens with zero attached hydrogens (tertiary/aromatic N) is 1. The average Bonchev–Trinajstić information content (AvgIpc) is 3.38. The first-order valence-electron chi connectivity index (χ1n) is 9.44. The van der Waals surface area contributed by atoms with Crippen molar-refractivity contribution < 1.29 is 22.7 Å². The molecule has 0 radical (unpaired) electrons. The number of carboxylic acids is 1. The third-order valence-electron chi connectivity index (χ3n) is 4.95. The molecule has 0 bridgehead atoms. The Morgan fingerprint density at radius 2 is 1.97 bits per heavy atom. The van der Waals surface area contributed by atoms with Gasteiger partial charge in [0, 0.05) is 35.6 Å². The van der Waals surface area contributed by atoms with E-state index in [4.69, 9.17) is 5.11 Å². The van der Waals surface area contributed by atoms with Gasteiger partial charge in [0.05, 0.1) is 5.52 Å². The van der Waals surface area contributed by atoms with Gasteiger partial charge in [-0.3, -0.25) is 4.79 Å². The molecule has 2 N–H and O–H groups in total. The number of anilines is 1. The van der Waals surface area contributed by atoms with Gasteiger partial charge in [-0.15, -0.1) is 11.3 Å². The van der Waals surface area contributed by atoms with Gasteiger partial charge in [0.15, 0.2) is 0 Å². The molecule has 4 aromatic rings. The summed E-state index contributed by atoms with van der Waals surface area (Å²) >= 11 is 1.14. The second-order valence-corrected chi connectivity index (χ2v) is 10.1. The van der Waals surface area contributed by atoms with Crippen LogP contribution in [0.25, 0.3) is 21.3 Å². The SMILES string of the molecule is CNc1cccc(-c2ccc(S(=O)(=O)n3cc(CCC(=O)O)c4cc(F)ccc43)s2)c1. The molecule has 0 saturated heterocycles. The number of carbonyl (C=O) groups is 1. The van der Waals surface area contributed by atoms with E-state index < -0.39 is 21.8 Å². The lowest BCUT2D eigenvalue weighted by Gasteiger charge is -2.05. The highest BCUT2D eigenvalue weighted by molar-refractivity contribution is 7.92. The minimum Gasteiger partial charge on any atom is -0.481 e. The second-order valence-electron chi connectivity index (χ2n) is 6.96. The Bertz CT molecular complexity index is 1390. The first kappa shape index (κ1) is 21.1. The van der Waals surface area contributed by atoms with Gasteiger partial charge in [0.1, 0.15) is 10.0 Å². The molecule has 0 saturated carbocycles. The van der Waals surface area contributed by atoms with Crippen molar-refractivity contribution in [2.24, 2.45) is 0 Å². The second kappa shape index (κ2) is 8.16. The van der Waals surface area contributed by atoms with Crippen molar-refractivity contribution in [1.82, 2.24) is 3.97 Å². The number of aromatic nitrogens is 1. The number of benzene rings is 2. The Hall–Kier alpha value is -3.17. The monoisotopic (exact) mass is 458 g/mol. The summed E-state index contributed by atoms with van der Waals surface area (Å²) in [5, 5.41) is 12.4. The Labute approximate surface area is 182 Å². The fraction of sp³-hybridized carbons (Fsp3) is 0.136. The Balaban J connectivity index is 1.79. The fourth-order valence-electron chi connectivity index (χ4n) is 3.42. The van der Waals surface area contributed by atoms with Crippen molar-refractivity contribution in [3.05, 3.63) is 72.2 Å². The van der Waals surface area contributed by atoms with Gasteiger partial charge in [0.25, 0.3) is 10.0 Å². The predicted octanol–water partition coefficient (Wildman–Crippen LogP) is 4.80. The molecule has 4 rings (SSSR count). The molecular weight excluding hydrogens is 439 g/mol.